The molecule has 3 heterocycles. The maximum absolute atomic E-state index is 13.6. The Bertz CT molecular complexity index is 2010. The number of aromatic nitrogens is 2. The molecule has 7 heteroatoms. The predicted octanol–water partition coefficient (Wildman–Crippen LogP) is 5.21. The van der Waals surface area contributed by atoms with E-state index in [2.05, 4.69) is 112 Å². The lowest BCUT2D eigenvalue weighted by Gasteiger charge is -2.24. The van der Waals surface area contributed by atoms with Crippen LogP contribution in [0.2, 0.25) is 0 Å². The van der Waals surface area contributed by atoms with Crippen LogP contribution in [0.4, 0.5) is 11.4 Å². The lowest BCUT2D eigenvalue weighted by molar-refractivity contribution is -0.401. The molecule has 2 aromatic carbocycles. The first kappa shape index (κ1) is 29.4. The standard InChI is InChI=1S/C37H40N4O3/c1-36(2)25-13-9-11-15-27(25)38(5)29(36)21-19-23-17-18-24(31(23)32-33(42)40(7)35(44)41(8)34(32)43)20-22-30-37(3,4)26-14-10-12-16-28(26)39(30)6/h9-16,19-22H,17-18H2,1-8H3/b23-19+,29-21-. The Hall–Kier alpha value is -4.65. The maximum atomic E-state index is 13.6. The highest BCUT2D eigenvalue weighted by atomic mass is 16.3. The molecule has 44 heavy (non-hydrogen) atoms. The average molecular weight is 589 g/mol. The second-order valence-electron chi connectivity index (χ2n) is 13.2. The fourth-order valence-electron chi connectivity index (χ4n) is 7.38. The number of benzene rings is 2. The maximum Gasteiger partial charge on any atom is 0.329 e. The van der Waals surface area contributed by atoms with Gasteiger partial charge in [0.2, 0.25) is 5.69 Å². The lowest BCUT2D eigenvalue weighted by atomic mass is 9.81. The zero-order chi connectivity index (χ0) is 31.7. The summed E-state index contributed by atoms with van der Waals surface area (Å²) in [5, 5.41) is 13.6. The molecular formula is C37H40N4O3. The number of fused-ring (bicyclic) bond motifs is 2. The van der Waals surface area contributed by atoms with E-state index in [1.807, 2.05) is 12.1 Å². The Morgan fingerprint density at radius 1 is 0.818 bits per heavy atom. The summed E-state index contributed by atoms with van der Waals surface area (Å²) >= 11 is 0. The smallest absolute Gasteiger partial charge is 0.329 e. The highest BCUT2D eigenvalue weighted by Gasteiger charge is 2.43. The summed E-state index contributed by atoms with van der Waals surface area (Å²) in [7, 11) is 7.01. The van der Waals surface area contributed by atoms with Gasteiger partial charge in [0, 0.05) is 55.6 Å². The molecule has 7 nitrogen and oxygen atoms in total. The number of hydrogen-bond donors (Lipinski definition) is 0. The average Bonchev–Trinajstić information content (AvgIpc) is 3.55. The summed E-state index contributed by atoms with van der Waals surface area (Å²) < 4.78 is 4.27. The molecule has 0 saturated heterocycles. The van der Waals surface area contributed by atoms with Crippen molar-refractivity contribution >= 4 is 22.7 Å². The highest BCUT2D eigenvalue weighted by molar-refractivity contribution is 6.03. The number of likely N-dealkylation sites (N-methyl/N-ethyl adjacent to an activating group) is 1. The van der Waals surface area contributed by atoms with E-state index in [0.29, 0.717) is 18.4 Å². The predicted molar refractivity (Wildman–Crippen MR) is 176 cm³/mol. The second-order valence-corrected chi connectivity index (χ2v) is 13.2. The van der Waals surface area contributed by atoms with Crippen LogP contribution in [0, 0.1) is 0 Å². The lowest BCUT2D eigenvalue weighted by Crippen LogP contribution is -2.40. The SMILES string of the molecule is CN1/C(=C\C=C2/CCC(/C=C/C3=[N+](C)c4ccccc4C3(C)C)=C2c2c([O-])n(C)c(=O)n(C)c2=O)C(C)(C)c2ccccc21. The van der Waals surface area contributed by atoms with E-state index in [1.54, 1.807) is 0 Å². The van der Waals surface area contributed by atoms with Gasteiger partial charge in [0.1, 0.15) is 7.05 Å². The van der Waals surface area contributed by atoms with E-state index in [0.717, 1.165) is 31.7 Å². The molecule has 0 atom stereocenters. The number of hydrogen-bond acceptors (Lipinski definition) is 4. The van der Waals surface area contributed by atoms with Crippen LogP contribution in [0.25, 0.3) is 5.57 Å². The van der Waals surface area contributed by atoms with Gasteiger partial charge in [0.05, 0.1) is 11.0 Å². The Morgan fingerprint density at radius 2 is 1.48 bits per heavy atom. The van der Waals surface area contributed by atoms with Gasteiger partial charge in [-0.3, -0.25) is 9.36 Å². The molecule has 2 aliphatic heterocycles. The quantitative estimate of drug-likeness (QED) is 0.393. The van der Waals surface area contributed by atoms with Crippen LogP contribution < -0.4 is 21.3 Å². The number of anilines is 1. The third-order valence-corrected chi connectivity index (χ3v) is 9.93. The van der Waals surface area contributed by atoms with E-state index in [9.17, 15) is 14.7 Å². The molecule has 6 rings (SSSR count). The van der Waals surface area contributed by atoms with Crippen LogP contribution in [-0.2, 0) is 24.9 Å². The molecule has 0 amide bonds. The topological polar surface area (TPSA) is 73.3 Å². The van der Waals surface area contributed by atoms with Crippen LogP contribution in [0.1, 0.15) is 57.2 Å². The van der Waals surface area contributed by atoms with Crippen molar-refractivity contribution in [3.8, 4) is 5.88 Å². The van der Waals surface area contributed by atoms with Crippen molar-refractivity contribution in [2.75, 3.05) is 19.0 Å². The van der Waals surface area contributed by atoms with Crippen molar-refractivity contribution in [2.45, 2.75) is 51.4 Å². The van der Waals surface area contributed by atoms with Crippen molar-refractivity contribution < 1.29 is 9.68 Å². The minimum atomic E-state index is -0.623. The second kappa shape index (κ2) is 10.2. The summed E-state index contributed by atoms with van der Waals surface area (Å²) in [4.78, 5) is 28.4. The number of nitrogens with zero attached hydrogens (tertiary/aromatic N) is 4. The van der Waals surface area contributed by atoms with E-state index in [-0.39, 0.29) is 16.4 Å². The summed E-state index contributed by atoms with van der Waals surface area (Å²) in [5.41, 5.74) is 8.01. The molecular weight excluding hydrogens is 548 g/mol. The van der Waals surface area contributed by atoms with E-state index in [1.165, 1.54) is 36.6 Å². The number of allylic oxidation sites excluding steroid dienone is 8. The van der Waals surface area contributed by atoms with E-state index >= 15 is 0 Å². The van der Waals surface area contributed by atoms with Crippen molar-refractivity contribution in [1.82, 2.24) is 9.13 Å². The Labute approximate surface area is 258 Å². The van der Waals surface area contributed by atoms with Gasteiger partial charge in [-0.15, -0.1) is 0 Å². The molecule has 3 aromatic rings. The largest absolute Gasteiger partial charge is 0.859 e. The number of rotatable bonds is 4. The van der Waals surface area contributed by atoms with Crippen LogP contribution >= 0.6 is 0 Å². The molecule has 226 valence electrons. The fraction of sp³-hybridized carbons (Fsp3) is 0.324. The molecule has 0 radical (unpaired) electrons. The minimum Gasteiger partial charge on any atom is -0.859 e. The minimum absolute atomic E-state index is 0.0473. The van der Waals surface area contributed by atoms with Crippen molar-refractivity contribution in [2.24, 2.45) is 14.1 Å². The molecule has 0 N–H and O–H groups in total. The molecule has 0 unspecified atom stereocenters. The van der Waals surface area contributed by atoms with Crippen molar-refractivity contribution in [3.63, 3.8) is 0 Å². The fourth-order valence-corrected chi connectivity index (χ4v) is 7.38. The van der Waals surface area contributed by atoms with Gasteiger partial charge in [-0.05, 0) is 67.0 Å². The normalized spacial score (nSPS) is 20.5. The Kier molecular flexibility index (Phi) is 6.83. The Morgan fingerprint density at radius 3 is 2.16 bits per heavy atom. The molecule has 1 aliphatic carbocycles. The van der Waals surface area contributed by atoms with Crippen molar-refractivity contribution in [3.05, 3.63) is 127 Å². The van der Waals surface area contributed by atoms with Crippen LogP contribution in [0.5, 0.6) is 5.88 Å². The molecule has 0 spiro atoms. The molecule has 3 aliphatic rings. The zero-order valence-electron chi connectivity index (χ0n) is 26.9. The first-order valence-electron chi connectivity index (χ1n) is 15.1. The number of para-hydroxylation sites is 2. The van der Waals surface area contributed by atoms with Gasteiger partial charge >= 0.3 is 5.69 Å². The third kappa shape index (κ3) is 4.20. The summed E-state index contributed by atoms with van der Waals surface area (Å²) in [5.74, 6) is -0.566. The van der Waals surface area contributed by atoms with Crippen molar-refractivity contribution in [1.29, 1.82) is 0 Å². The van der Waals surface area contributed by atoms with Crippen LogP contribution in [-0.4, -0.2) is 33.5 Å². The molecule has 0 bridgehead atoms. The molecule has 0 fully saturated rings. The van der Waals surface area contributed by atoms with Gasteiger partial charge in [-0.25, -0.2) is 4.79 Å². The van der Waals surface area contributed by atoms with E-state index < -0.39 is 17.1 Å². The summed E-state index contributed by atoms with van der Waals surface area (Å²) in [6.45, 7) is 8.86. The van der Waals surface area contributed by atoms with Crippen LogP contribution in [0.15, 0.2) is 99.3 Å². The summed E-state index contributed by atoms with van der Waals surface area (Å²) in [6.07, 6.45) is 9.73. The zero-order valence-corrected chi connectivity index (χ0v) is 26.9. The van der Waals surface area contributed by atoms with Gasteiger partial charge in [0.25, 0.3) is 5.56 Å². The Balaban J connectivity index is 1.52. The van der Waals surface area contributed by atoms with Gasteiger partial charge in [-0.2, -0.15) is 4.58 Å². The molecule has 0 saturated carbocycles. The first-order chi connectivity index (χ1) is 20.8. The first-order valence-corrected chi connectivity index (χ1v) is 15.1. The van der Waals surface area contributed by atoms with Gasteiger partial charge in [0.15, 0.2) is 5.71 Å². The van der Waals surface area contributed by atoms with Gasteiger partial charge < -0.3 is 14.6 Å². The monoisotopic (exact) mass is 588 g/mol. The van der Waals surface area contributed by atoms with Crippen LogP contribution in [0.3, 0.4) is 0 Å². The highest BCUT2D eigenvalue weighted by Crippen LogP contribution is 2.47. The molecule has 1 aromatic heterocycles. The third-order valence-electron chi connectivity index (χ3n) is 9.93. The van der Waals surface area contributed by atoms with Gasteiger partial charge in [-0.1, -0.05) is 62.4 Å². The van der Waals surface area contributed by atoms with E-state index in [4.69, 9.17) is 0 Å². The summed E-state index contributed by atoms with van der Waals surface area (Å²) in [6, 6.07) is 16.8.